The molecule has 1 aromatic carbocycles. The third-order valence-corrected chi connectivity index (χ3v) is 3.24. The number of nitrogens with one attached hydrogen (secondary N) is 1. The van der Waals surface area contributed by atoms with Gasteiger partial charge in [0.25, 0.3) is 0 Å². The highest BCUT2D eigenvalue weighted by Crippen LogP contribution is 2.25. The molecule has 1 aromatic rings. The molecule has 0 heterocycles. The largest absolute Gasteiger partial charge is 0.310 e. The fraction of sp³-hybridized carbons (Fsp3) is 0.600. The predicted molar refractivity (Wildman–Crippen MR) is 71.8 cm³/mol. The van der Waals surface area contributed by atoms with E-state index in [0.29, 0.717) is 12.0 Å². The summed E-state index contributed by atoms with van der Waals surface area (Å²) in [4.78, 5) is 0. The normalized spacial score (nSPS) is 14.8. The second kappa shape index (κ2) is 6.05. The zero-order chi connectivity index (χ0) is 12.1. The molecule has 90 valence electrons. The molecule has 0 amide bonds. The van der Waals surface area contributed by atoms with Gasteiger partial charge in [-0.15, -0.1) is 0 Å². The summed E-state index contributed by atoms with van der Waals surface area (Å²) >= 11 is 0. The van der Waals surface area contributed by atoms with E-state index in [-0.39, 0.29) is 0 Å². The summed E-state index contributed by atoms with van der Waals surface area (Å²) in [7, 11) is 0. The first-order valence-electron chi connectivity index (χ1n) is 6.40. The van der Waals surface area contributed by atoms with E-state index in [2.05, 4.69) is 58.1 Å². The summed E-state index contributed by atoms with van der Waals surface area (Å²) in [5, 5.41) is 3.60. The molecular weight excluding hydrogens is 194 g/mol. The topological polar surface area (TPSA) is 12.0 Å². The van der Waals surface area contributed by atoms with Crippen molar-refractivity contribution in [2.75, 3.05) is 6.54 Å². The molecule has 0 saturated carbocycles. The van der Waals surface area contributed by atoms with E-state index in [1.54, 1.807) is 0 Å². The molecule has 0 aromatic heterocycles. The van der Waals surface area contributed by atoms with Gasteiger partial charge in [0.2, 0.25) is 0 Å². The van der Waals surface area contributed by atoms with Crippen LogP contribution in [0.5, 0.6) is 0 Å². The Hall–Kier alpha value is -0.820. The molecule has 0 spiro atoms. The van der Waals surface area contributed by atoms with Crippen molar-refractivity contribution in [2.24, 2.45) is 5.92 Å². The Morgan fingerprint density at radius 2 is 1.62 bits per heavy atom. The van der Waals surface area contributed by atoms with Crippen molar-refractivity contribution in [3.8, 4) is 0 Å². The Morgan fingerprint density at radius 1 is 1.06 bits per heavy atom. The van der Waals surface area contributed by atoms with Crippen LogP contribution >= 0.6 is 0 Å². The first kappa shape index (κ1) is 13.2. The van der Waals surface area contributed by atoms with Crippen molar-refractivity contribution < 1.29 is 0 Å². The average molecular weight is 219 g/mol. The van der Waals surface area contributed by atoms with Crippen LogP contribution in [0.4, 0.5) is 0 Å². The van der Waals surface area contributed by atoms with Crippen LogP contribution in [0, 0.1) is 19.8 Å². The lowest BCUT2D eigenvalue weighted by Crippen LogP contribution is -2.26. The Bertz CT molecular complexity index is 310. The van der Waals surface area contributed by atoms with Crippen molar-refractivity contribution in [2.45, 2.75) is 47.1 Å². The van der Waals surface area contributed by atoms with Crippen LogP contribution in [-0.4, -0.2) is 6.54 Å². The summed E-state index contributed by atoms with van der Waals surface area (Å²) in [6.45, 7) is 12.1. The van der Waals surface area contributed by atoms with Crippen molar-refractivity contribution >= 4 is 0 Å². The minimum Gasteiger partial charge on any atom is -0.310 e. The van der Waals surface area contributed by atoms with Crippen molar-refractivity contribution in [1.29, 1.82) is 0 Å². The van der Waals surface area contributed by atoms with Crippen LogP contribution in [0.25, 0.3) is 0 Å². The summed E-state index contributed by atoms with van der Waals surface area (Å²) in [6.07, 6.45) is 1.21. The van der Waals surface area contributed by atoms with Crippen LogP contribution < -0.4 is 5.32 Å². The van der Waals surface area contributed by atoms with Gasteiger partial charge in [0.1, 0.15) is 0 Å². The van der Waals surface area contributed by atoms with E-state index in [1.807, 2.05) is 0 Å². The zero-order valence-electron chi connectivity index (χ0n) is 11.3. The zero-order valence-corrected chi connectivity index (χ0v) is 11.3. The Morgan fingerprint density at radius 3 is 2.06 bits per heavy atom. The van der Waals surface area contributed by atoms with Crippen LogP contribution in [0.3, 0.4) is 0 Å². The van der Waals surface area contributed by atoms with Gasteiger partial charge in [-0.3, -0.25) is 0 Å². The van der Waals surface area contributed by atoms with Crippen molar-refractivity contribution in [1.82, 2.24) is 5.32 Å². The lowest BCUT2D eigenvalue weighted by atomic mass is 9.90. The van der Waals surface area contributed by atoms with Crippen LogP contribution in [0.1, 0.15) is 49.9 Å². The standard InChI is InChI=1S/C15H25N/c1-6-13(5)15(16-7-2)14-9-11(3)8-12(4)10-14/h8-10,13,15-16H,6-7H2,1-5H3. The smallest absolute Gasteiger partial charge is 0.0346 e. The highest BCUT2D eigenvalue weighted by molar-refractivity contribution is 5.31. The SMILES string of the molecule is CCNC(c1cc(C)cc(C)c1)C(C)CC. The quantitative estimate of drug-likeness (QED) is 0.789. The van der Waals surface area contributed by atoms with Gasteiger partial charge in [0.15, 0.2) is 0 Å². The van der Waals surface area contributed by atoms with Crippen LogP contribution in [-0.2, 0) is 0 Å². The van der Waals surface area contributed by atoms with Crippen molar-refractivity contribution in [3.63, 3.8) is 0 Å². The Labute approximate surface area is 100 Å². The van der Waals surface area contributed by atoms with Gasteiger partial charge in [-0.1, -0.05) is 56.5 Å². The fourth-order valence-electron chi connectivity index (χ4n) is 2.29. The van der Waals surface area contributed by atoms with Gasteiger partial charge in [-0.05, 0) is 31.9 Å². The highest BCUT2D eigenvalue weighted by Gasteiger charge is 2.16. The number of hydrogen-bond acceptors (Lipinski definition) is 1. The maximum absolute atomic E-state index is 3.60. The first-order valence-corrected chi connectivity index (χ1v) is 6.40. The molecule has 0 aliphatic heterocycles. The minimum atomic E-state index is 0.494. The summed E-state index contributed by atoms with van der Waals surface area (Å²) in [5.41, 5.74) is 4.16. The van der Waals surface area contributed by atoms with E-state index in [4.69, 9.17) is 0 Å². The van der Waals surface area contributed by atoms with E-state index >= 15 is 0 Å². The molecule has 1 rings (SSSR count). The number of rotatable bonds is 5. The van der Waals surface area contributed by atoms with Gasteiger partial charge in [-0.2, -0.15) is 0 Å². The lowest BCUT2D eigenvalue weighted by molar-refractivity contribution is 0.383. The molecular formula is C15H25N. The molecule has 1 N–H and O–H groups in total. The third-order valence-electron chi connectivity index (χ3n) is 3.24. The van der Waals surface area contributed by atoms with Gasteiger partial charge in [-0.25, -0.2) is 0 Å². The monoisotopic (exact) mass is 219 g/mol. The highest BCUT2D eigenvalue weighted by atomic mass is 14.9. The van der Waals surface area contributed by atoms with Gasteiger partial charge >= 0.3 is 0 Å². The predicted octanol–water partition coefficient (Wildman–Crippen LogP) is 4.00. The van der Waals surface area contributed by atoms with E-state index in [0.717, 1.165) is 6.54 Å². The molecule has 0 fully saturated rings. The summed E-state index contributed by atoms with van der Waals surface area (Å²) < 4.78 is 0. The van der Waals surface area contributed by atoms with Gasteiger partial charge in [0, 0.05) is 6.04 Å². The van der Waals surface area contributed by atoms with Gasteiger partial charge < -0.3 is 5.32 Å². The van der Waals surface area contributed by atoms with E-state index < -0.39 is 0 Å². The average Bonchev–Trinajstić information content (AvgIpc) is 2.23. The van der Waals surface area contributed by atoms with Crippen molar-refractivity contribution in [3.05, 3.63) is 34.9 Å². The molecule has 0 saturated heterocycles. The molecule has 1 nitrogen and oxygen atoms in total. The van der Waals surface area contributed by atoms with E-state index in [9.17, 15) is 0 Å². The molecule has 0 radical (unpaired) electrons. The molecule has 1 heteroatoms. The van der Waals surface area contributed by atoms with Gasteiger partial charge in [0.05, 0.1) is 0 Å². The second-order valence-electron chi connectivity index (χ2n) is 4.84. The number of benzene rings is 1. The minimum absolute atomic E-state index is 0.494. The molecule has 0 bridgehead atoms. The molecule has 2 atom stereocenters. The number of hydrogen-bond donors (Lipinski definition) is 1. The lowest BCUT2D eigenvalue weighted by Gasteiger charge is -2.25. The maximum Gasteiger partial charge on any atom is 0.0346 e. The first-order chi connectivity index (χ1) is 7.58. The molecule has 0 aliphatic carbocycles. The Kier molecular flexibility index (Phi) is 5.01. The Balaban J connectivity index is 3.00. The van der Waals surface area contributed by atoms with E-state index in [1.165, 1.54) is 23.1 Å². The maximum atomic E-state index is 3.60. The molecule has 0 aliphatic rings. The molecule has 2 unspecified atom stereocenters. The molecule has 16 heavy (non-hydrogen) atoms. The van der Waals surface area contributed by atoms with Crippen LogP contribution in [0.15, 0.2) is 18.2 Å². The second-order valence-corrected chi connectivity index (χ2v) is 4.84. The number of aryl methyl sites for hydroxylation is 2. The third kappa shape index (κ3) is 3.34. The fourth-order valence-corrected chi connectivity index (χ4v) is 2.29. The summed E-state index contributed by atoms with van der Waals surface area (Å²) in [6, 6.07) is 7.36. The summed E-state index contributed by atoms with van der Waals surface area (Å²) in [5.74, 6) is 0.682. The van der Waals surface area contributed by atoms with Crippen LogP contribution in [0.2, 0.25) is 0 Å².